The first-order valence-corrected chi connectivity index (χ1v) is 6.39. The molecule has 0 saturated carbocycles. The second kappa shape index (κ2) is 7.27. The highest BCUT2D eigenvalue weighted by Crippen LogP contribution is 2.50. The molecule has 0 aromatic carbocycles. The van der Waals surface area contributed by atoms with Crippen LogP contribution in [-0.2, 0) is 18.1 Å². The zero-order chi connectivity index (χ0) is 12.7. The lowest BCUT2D eigenvalue weighted by atomic mass is 10.4. The molecule has 0 aromatic rings. The third-order valence-corrected chi connectivity index (χ3v) is 2.94. The van der Waals surface area contributed by atoms with E-state index < -0.39 is 20.6 Å². The van der Waals surface area contributed by atoms with Crippen LogP contribution in [0.4, 0.5) is 13.2 Å². The molecular formula is C8H16F3O4P. The smallest absolute Gasteiger partial charge is 0.287 e. The quantitative estimate of drug-likeness (QED) is 0.497. The van der Waals surface area contributed by atoms with Crippen molar-refractivity contribution in [3.63, 3.8) is 0 Å². The zero-order valence-electron chi connectivity index (χ0n) is 9.25. The predicted molar refractivity (Wildman–Crippen MR) is 52.1 cm³/mol. The van der Waals surface area contributed by atoms with Crippen LogP contribution >= 0.6 is 7.82 Å². The predicted octanol–water partition coefficient (Wildman–Crippen LogP) is 3.53. The molecule has 0 aliphatic heterocycles. The van der Waals surface area contributed by atoms with Gasteiger partial charge in [-0.2, -0.15) is 13.2 Å². The number of hydrogen-bond acceptors (Lipinski definition) is 4. The van der Waals surface area contributed by atoms with E-state index in [1.165, 1.54) is 6.92 Å². The lowest BCUT2D eigenvalue weighted by Crippen LogP contribution is -2.17. The largest absolute Gasteiger partial charge is 0.475 e. The van der Waals surface area contributed by atoms with Crippen LogP contribution in [0.25, 0.3) is 0 Å². The summed E-state index contributed by atoms with van der Waals surface area (Å²) in [6, 6.07) is 0. The average molecular weight is 264 g/mol. The maximum absolute atomic E-state index is 11.9. The molecule has 0 rings (SSSR count). The fraction of sp³-hybridized carbons (Fsp3) is 1.00. The summed E-state index contributed by atoms with van der Waals surface area (Å²) in [5, 5.41) is 0. The molecule has 16 heavy (non-hydrogen) atoms. The van der Waals surface area contributed by atoms with E-state index in [0.717, 1.165) is 6.42 Å². The van der Waals surface area contributed by atoms with Crippen LogP contribution < -0.4 is 0 Å². The third-order valence-electron chi connectivity index (χ3n) is 1.42. The van der Waals surface area contributed by atoms with Gasteiger partial charge in [0.1, 0.15) is 0 Å². The van der Waals surface area contributed by atoms with E-state index >= 15 is 0 Å². The summed E-state index contributed by atoms with van der Waals surface area (Å²) in [7, 11) is -4.07. The minimum Gasteiger partial charge on any atom is -0.287 e. The molecule has 0 saturated heterocycles. The van der Waals surface area contributed by atoms with Gasteiger partial charge < -0.3 is 0 Å². The second-order valence-corrected chi connectivity index (χ2v) is 4.61. The van der Waals surface area contributed by atoms with Gasteiger partial charge in [0, 0.05) is 0 Å². The molecule has 1 unspecified atom stereocenters. The van der Waals surface area contributed by atoms with Gasteiger partial charge in [-0.05, 0) is 13.3 Å². The van der Waals surface area contributed by atoms with Crippen LogP contribution in [0.3, 0.4) is 0 Å². The topological polar surface area (TPSA) is 44.8 Å². The molecule has 0 aromatic heterocycles. The first-order valence-electron chi connectivity index (χ1n) is 4.93. The van der Waals surface area contributed by atoms with Crippen LogP contribution in [0.2, 0.25) is 0 Å². The molecule has 0 spiro atoms. The molecule has 0 amide bonds. The maximum Gasteiger partial charge on any atom is 0.475 e. The van der Waals surface area contributed by atoms with Crippen molar-refractivity contribution in [1.29, 1.82) is 0 Å². The van der Waals surface area contributed by atoms with Crippen LogP contribution in [0.1, 0.15) is 26.7 Å². The van der Waals surface area contributed by atoms with Gasteiger partial charge in [-0.3, -0.25) is 13.6 Å². The number of alkyl halides is 3. The van der Waals surface area contributed by atoms with Crippen LogP contribution in [-0.4, -0.2) is 26.0 Å². The molecule has 0 N–H and O–H groups in total. The van der Waals surface area contributed by atoms with Gasteiger partial charge in [-0.15, -0.1) is 0 Å². The molecule has 0 aliphatic carbocycles. The minimum atomic E-state index is -4.55. The normalized spacial score (nSPS) is 16.1. The van der Waals surface area contributed by atoms with Gasteiger partial charge in [-0.25, -0.2) is 4.57 Å². The Kier molecular flexibility index (Phi) is 7.22. The molecule has 0 bridgehead atoms. The first kappa shape index (κ1) is 15.9. The monoisotopic (exact) mass is 264 g/mol. The van der Waals surface area contributed by atoms with Crippen LogP contribution in [0.5, 0.6) is 0 Å². The molecule has 8 heteroatoms. The fourth-order valence-electron chi connectivity index (χ4n) is 0.743. The van der Waals surface area contributed by atoms with Crippen molar-refractivity contribution in [1.82, 2.24) is 0 Å². The molecule has 98 valence electrons. The lowest BCUT2D eigenvalue weighted by Gasteiger charge is -2.17. The summed E-state index contributed by atoms with van der Waals surface area (Å²) in [5.41, 5.74) is 0. The maximum atomic E-state index is 11.9. The van der Waals surface area contributed by atoms with Crippen LogP contribution in [0, 0.1) is 0 Å². The van der Waals surface area contributed by atoms with E-state index in [9.17, 15) is 17.7 Å². The summed E-state index contributed by atoms with van der Waals surface area (Å²) in [4.78, 5) is 0. The Bertz CT molecular complexity index is 232. The Morgan fingerprint density at radius 1 is 1.12 bits per heavy atom. The van der Waals surface area contributed by atoms with Crippen molar-refractivity contribution >= 4 is 7.82 Å². The van der Waals surface area contributed by atoms with Crippen molar-refractivity contribution < 1.29 is 31.3 Å². The SMILES string of the molecule is CCCCOP(=O)(OCC)OCC(F)(F)F. The van der Waals surface area contributed by atoms with Gasteiger partial charge in [-0.1, -0.05) is 13.3 Å². The molecule has 0 fully saturated rings. The molecule has 0 aliphatic rings. The Morgan fingerprint density at radius 3 is 2.19 bits per heavy atom. The molecule has 0 radical (unpaired) electrons. The van der Waals surface area contributed by atoms with E-state index in [0.29, 0.717) is 6.42 Å². The molecule has 0 heterocycles. The number of hydrogen-bond donors (Lipinski definition) is 0. The summed E-state index contributed by atoms with van der Waals surface area (Å²) < 4.78 is 60.6. The van der Waals surface area contributed by atoms with E-state index in [1.54, 1.807) is 0 Å². The van der Waals surface area contributed by atoms with Crippen molar-refractivity contribution in [2.75, 3.05) is 19.8 Å². The van der Waals surface area contributed by atoms with Gasteiger partial charge >= 0.3 is 14.0 Å². The second-order valence-electron chi connectivity index (χ2n) is 2.94. The first-order chi connectivity index (χ1) is 7.33. The standard InChI is InChI=1S/C8H16F3O4P/c1-3-5-6-14-16(12,13-4-2)15-7-8(9,10)11/h3-7H2,1-2H3. The summed E-state index contributed by atoms with van der Waals surface area (Å²) >= 11 is 0. The highest BCUT2D eigenvalue weighted by molar-refractivity contribution is 7.48. The van der Waals surface area contributed by atoms with E-state index in [1.807, 2.05) is 6.92 Å². The Morgan fingerprint density at radius 2 is 1.75 bits per heavy atom. The number of unbranched alkanes of at least 4 members (excludes halogenated alkanes) is 1. The van der Waals surface area contributed by atoms with Crippen LogP contribution in [0.15, 0.2) is 0 Å². The summed E-state index contributed by atoms with van der Waals surface area (Å²) in [6.07, 6.45) is -3.21. The Balaban J connectivity index is 4.16. The lowest BCUT2D eigenvalue weighted by molar-refractivity contribution is -0.158. The highest BCUT2D eigenvalue weighted by Gasteiger charge is 2.35. The fourth-order valence-corrected chi connectivity index (χ4v) is 1.94. The van der Waals surface area contributed by atoms with E-state index in [-0.39, 0.29) is 13.2 Å². The number of phosphoric ester groups is 1. The Hall–Kier alpha value is -0.100. The molecular weight excluding hydrogens is 248 g/mol. The van der Waals surface area contributed by atoms with Crippen molar-refractivity contribution in [2.24, 2.45) is 0 Å². The Labute approximate surface area is 92.7 Å². The van der Waals surface area contributed by atoms with Gasteiger partial charge in [0.2, 0.25) is 0 Å². The van der Waals surface area contributed by atoms with Gasteiger partial charge in [0.15, 0.2) is 6.61 Å². The average Bonchev–Trinajstić information content (AvgIpc) is 2.15. The van der Waals surface area contributed by atoms with E-state index in [4.69, 9.17) is 4.52 Å². The molecule has 4 nitrogen and oxygen atoms in total. The number of rotatable bonds is 8. The number of phosphoric acid groups is 1. The van der Waals surface area contributed by atoms with Crippen molar-refractivity contribution in [3.05, 3.63) is 0 Å². The van der Waals surface area contributed by atoms with Crippen molar-refractivity contribution in [2.45, 2.75) is 32.9 Å². The summed E-state index contributed by atoms with van der Waals surface area (Å²) in [5.74, 6) is 0. The number of halogens is 3. The van der Waals surface area contributed by atoms with Gasteiger partial charge in [0.05, 0.1) is 13.2 Å². The summed E-state index contributed by atoms with van der Waals surface area (Å²) in [6.45, 7) is 1.72. The third kappa shape index (κ3) is 8.10. The highest BCUT2D eigenvalue weighted by atomic mass is 31.2. The zero-order valence-corrected chi connectivity index (χ0v) is 10.1. The van der Waals surface area contributed by atoms with E-state index in [2.05, 4.69) is 9.05 Å². The minimum absolute atomic E-state index is 0.0404. The molecule has 1 atom stereocenters. The van der Waals surface area contributed by atoms with Gasteiger partial charge in [0.25, 0.3) is 0 Å². The van der Waals surface area contributed by atoms with Crippen molar-refractivity contribution in [3.8, 4) is 0 Å².